The van der Waals surface area contributed by atoms with Crippen LogP contribution in [0, 0.1) is 0 Å². The van der Waals surface area contributed by atoms with Gasteiger partial charge < -0.3 is 5.11 Å². The second-order valence-corrected chi connectivity index (χ2v) is 3.94. The molecular formula is C12H17ClO. The van der Waals surface area contributed by atoms with Gasteiger partial charge in [0.1, 0.15) is 5.75 Å². The molecule has 0 saturated heterocycles. The predicted octanol–water partition coefficient (Wildman–Crippen LogP) is 3.95. The van der Waals surface area contributed by atoms with E-state index in [1.807, 2.05) is 13.0 Å². The molecule has 2 heteroatoms. The molecule has 1 aromatic rings. The molecule has 0 amide bonds. The van der Waals surface area contributed by atoms with Crippen LogP contribution < -0.4 is 0 Å². The van der Waals surface area contributed by atoms with Crippen LogP contribution in [0.4, 0.5) is 0 Å². The van der Waals surface area contributed by atoms with E-state index >= 15 is 0 Å². The number of benzene rings is 1. The highest BCUT2D eigenvalue weighted by molar-refractivity contribution is 6.31. The minimum absolute atomic E-state index is 0.389. The topological polar surface area (TPSA) is 20.2 Å². The number of hydrogen-bond acceptors (Lipinski definition) is 1. The molecular weight excluding hydrogens is 196 g/mol. The first-order valence-electron chi connectivity index (χ1n) is 5.19. The largest absolute Gasteiger partial charge is 0.508 e. The van der Waals surface area contributed by atoms with Gasteiger partial charge in [0.15, 0.2) is 0 Å². The van der Waals surface area contributed by atoms with Gasteiger partial charge in [0.2, 0.25) is 0 Å². The van der Waals surface area contributed by atoms with E-state index in [0.29, 0.717) is 5.75 Å². The van der Waals surface area contributed by atoms with Gasteiger partial charge in [-0.3, -0.25) is 0 Å². The second kappa shape index (κ2) is 5.26. The van der Waals surface area contributed by atoms with Crippen molar-refractivity contribution in [3.8, 4) is 5.75 Å². The Hall–Kier alpha value is -0.690. The second-order valence-electron chi connectivity index (χ2n) is 3.53. The molecule has 0 heterocycles. The van der Waals surface area contributed by atoms with Crippen molar-refractivity contribution in [3.05, 3.63) is 28.3 Å². The lowest BCUT2D eigenvalue weighted by atomic mass is 10.0. The molecule has 1 nitrogen and oxygen atoms in total. The molecule has 0 fully saturated rings. The van der Waals surface area contributed by atoms with Gasteiger partial charge in [-0.15, -0.1) is 0 Å². The van der Waals surface area contributed by atoms with Crippen LogP contribution in [0.3, 0.4) is 0 Å². The zero-order chi connectivity index (χ0) is 10.6. The number of unbranched alkanes of at least 4 members (excludes halogenated alkanes) is 1. The summed E-state index contributed by atoms with van der Waals surface area (Å²) < 4.78 is 0. The van der Waals surface area contributed by atoms with Crippen molar-refractivity contribution in [2.75, 3.05) is 0 Å². The average Bonchev–Trinajstić information content (AvgIpc) is 2.18. The smallest absolute Gasteiger partial charge is 0.119 e. The van der Waals surface area contributed by atoms with Crippen LogP contribution in [-0.4, -0.2) is 5.11 Å². The minimum atomic E-state index is 0.389. The number of aryl methyl sites for hydroxylation is 2. The number of phenols is 1. The lowest BCUT2D eigenvalue weighted by molar-refractivity contribution is 0.466. The Balaban J connectivity index is 2.90. The number of hydrogen-bond donors (Lipinski definition) is 1. The van der Waals surface area contributed by atoms with Gasteiger partial charge in [-0.05, 0) is 42.5 Å². The number of aromatic hydroxyl groups is 1. The third kappa shape index (κ3) is 2.65. The van der Waals surface area contributed by atoms with E-state index in [2.05, 4.69) is 6.92 Å². The molecule has 1 aromatic carbocycles. The van der Waals surface area contributed by atoms with Crippen LogP contribution >= 0.6 is 11.6 Å². The first-order valence-corrected chi connectivity index (χ1v) is 5.57. The normalized spacial score (nSPS) is 10.5. The highest BCUT2D eigenvalue weighted by atomic mass is 35.5. The highest BCUT2D eigenvalue weighted by Gasteiger charge is 2.06. The van der Waals surface area contributed by atoms with Crippen LogP contribution in [0.25, 0.3) is 0 Å². The maximum Gasteiger partial charge on any atom is 0.119 e. The summed E-state index contributed by atoms with van der Waals surface area (Å²) in [6, 6.07) is 3.68. The molecule has 0 atom stereocenters. The van der Waals surface area contributed by atoms with E-state index in [1.54, 1.807) is 6.07 Å². The summed E-state index contributed by atoms with van der Waals surface area (Å²) in [5.74, 6) is 0.389. The van der Waals surface area contributed by atoms with Crippen LogP contribution in [0.2, 0.25) is 5.02 Å². The molecule has 14 heavy (non-hydrogen) atoms. The zero-order valence-electron chi connectivity index (χ0n) is 8.81. The van der Waals surface area contributed by atoms with E-state index in [-0.39, 0.29) is 0 Å². The van der Waals surface area contributed by atoms with Gasteiger partial charge in [0.05, 0.1) is 0 Å². The standard InChI is InChI=1S/C12H17ClO/c1-3-5-6-10-7-11(13)9(4-2)8-12(10)14/h7-8,14H,3-6H2,1-2H3. The van der Waals surface area contributed by atoms with E-state index in [1.165, 1.54) is 0 Å². The summed E-state index contributed by atoms with van der Waals surface area (Å²) in [4.78, 5) is 0. The minimum Gasteiger partial charge on any atom is -0.508 e. The molecule has 0 spiro atoms. The third-order valence-electron chi connectivity index (χ3n) is 2.43. The molecule has 0 aliphatic rings. The number of rotatable bonds is 4. The van der Waals surface area contributed by atoms with Gasteiger partial charge in [0, 0.05) is 5.02 Å². The number of phenolic OH excluding ortho intramolecular Hbond substituents is 1. The van der Waals surface area contributed by atoms with Crippen molar-refractivity contribution in [2.45, 2.75) is 39.5 Å². The fourth-order valence-electron chi connectivity index (χ4n) is 1.48. The van der Waals surface area contributed by atoms with E-state index < -0.39 is 0 Å². The molecule has 78 valence electrons. The summed E-state index contributed by atoms with van der Waals surface area (Å²) in [5, 5.41) is 10.5. The van der Waals surface area contributed by atoms with E-state index in [9.17, 15) is 5.11 Å². The van der Waals surface area contributed by atoms with E-state index in [4.69, 9.17) is 11.6 Å². The van der Waals surface area contributed by atoms with Gasteiger partial charge in [-0.2, -0.15) is 0 Å². The molecule has 1 N–H and O–H groups in total. The van der Waals surface area contributed by atoms with Gasteiger partial charge in [0.25, 0.3) is 0 Å². The fraction of sp³-hybridized carbons (Fsp3) is 0.500. The SMILES string of the molecule is CCCCc1cc(Cl)c(CC)cc1O. The Morgan fingerprint density at radius 3 is 2.50 bits per heavy atom. The summed E-state index contributed by atoms with van der Waals surface area (Å²) in [5.41, 5.74) is 1.98. The van der Waals surface area contributed by atoms with Gasteiger partial charge >= 0.3 is 0 Å². The Morgan fingerprint density at radius 1 is 1.21 bits per heavy atom. The first kappa shape index (κ1) is 11.4. The molecule has 0 bridgehead atoms. The summed E-state index contributed by atoms with van der Waals surface area (Å²) >= 11 is 6.07. The number of halogens is 1. The maximum atomic E-state index is 9.71. The van der Waals surface area contributed by atoms with E-state index in [0.717, 1.165) is 41.8 Å². The molecule has 0 aliphatic carbocycles. The van der Waals surface area contributed by atoms with Crippen molar-refractivity contribution < 1.29 is 5.11 Å². The Bertz CT molecular complexity index is 307. The van der Waals surface area contributed by atoms with Gasteiger partial charge in [-0.1, -0.05) is 31.9 Å². The van der Waals surface area contributed by atoms with Crippen molar-refractivity contribution >= 4 is 11.6 Å². The van der Waals surface area contributed by atoms with Gasteiger partial charge in [-0.25, -0.2) is 0 Å². The molecule has 0 aromatic heterocycles. The quantitative estimate of drug-likeness (QED) is 0.802. The molecule has 1 rings (SSSR count). The van der Waals surface area contributed by atoms with Crippen LogP contribution in [0.15, 0.2) is 12.1 Å². The maximum absolute atomic E-state index is 9.71. The van der Waals surface area contributed by atoms with Crippen molar-refractivity contribution in [1.82, 2.24) is 0 Å². The molecule has 0 unspecified atom stereocenters. The first-order chi connectivity index (χ1) is 6.69. The fourth-order valence-corrected chi connectivity index (χ4v) is 1.80. The van der Waals surface area contributed by atoms with Crippen LogP contribution in [-0.2, 0) is 12.8 Å². The third-order valence-corrected chi connectivity index (χ3v) is 2.78. The van der Waals surface area contributed by atoms with Crippen molar-refractivity contribution in [1.29, 1.82) is 0 Å². The molecule has 0 saturated carbocycles. The van der Waals surface area contributed by atoms with Crippen LogP contribution in [0.5, 0.6) is 5.75 Å². The zero-order valence-corrected chi connectivity index (χ0v) is 9.56. The lowest BCUT2D eigenvalue weighted by Crippen LogP contribution is -1.90. The Kier molecular flexibility index (Phi) is 4.27. The Labute approximate surface area is 90.7 Å². The van der Waals surface area contributed by atoms with Crippen molar-refractivity contribution in [3.63, 3.8) is 0 Å². The van der Waals surface area contributed by atoms with Crippen LogP contribution in [0.1, 0.15) is 37.8 Å². The summed E-state index contributed by atoms with van der Waals surface area (Å²) in [6.45, 7) is 4.17. The predicted molar refractivity (Wildman–Crippen MR) is 61.1 cm³/mol. The highest BCUT2D eigenvalue weighted by Crippen LogP contribution is 2.27. The Morgan fingerprint density at radius 2 is 1.93 bits per heavy atom. The average molecular weight is 213 g/mol. The summed E-state index contributed by atoms with van der Waals surface area (Å²) in [7, 11) is 0. The molecule has 0 radical (unpaired) electrons. The molecule has 0 aliphatic heterocycles. The lowest BCUT2D eigenvalue weighted by Gasteiger charge is -2.08. The monoisotopic (exact) mass is 212 g/mol. The summed E-state index contributed by atoms with van der Waals surface area (Å²) in [6.07, 6.45) is 3.99. The van der Waals surface area contributed by atoms with Crippen molar-refractivity contribution in [2.24, 2.45) is 0 Å².